The number of nitrogens with one attached hydrogen (secondary N) is 1. The van der Waals surface area contributed by atoms with Crippen molar-refractivity contribution in [3.05, 3.63) is 24.3 Å². The number of likely N-dealkylation sites (N-methyl/N-ethyl adjacent to an activating group) is 1. The Hall–Kier alpha value is -1.02. The molecule has 0 spiro atoms. The van der Waals surface area contributed by atoms with E-state index in [-0.39, 0.29) is 19.1 Å². The number of phosphoric acid groups is 1. The summed E-state index contributed by atoms with van der Waals surface area (Å²) in [7, 11) is 1.55. The van der Waals surface area contributed by atoms with Crippen LogP contribution in [0.1, 0.15) is 155 Å². The van der Waals surface area contributed by atoms with E-state index in [1.165, 1.54) is 96.3 Å². The molecule has 1 amide bonds. The van der Waals surface area contributed by atoms with Crippen LogP contribution in [0.2, 0.25) is 0 Å². The van der Waals surface area contributed by atoms with E-state index in [1.807, 2.05) is 27.2 Å². The molecule has 0 aliphatic heterocycles. The third-order valence-corrected chi connectivity index (χ3v) is 9.16. The number of carbonyl (C=O) groups excluding carboxylic acids is 1. The van der Waals surface area contributed by atoms with Crippen molar-refractivity contribution in [2.75, 3.05) is 40.9 Å². The van der Waals surface area contributed by atoms with Gasteiger partial charge >= 0.3 is 7.82 Å². The number of quaternary nitrogens is 1. The summed E-state index contributed by atoms with van der Waals surface area (Å²) in [6.07, 6.45) is 32.4. The van der Waals surface area contributed by atoms with E-state index < -0.39 is 20.0 Å². The lowest BCUT2D eigenvalue weighted by Gasteiger charge is -2.25. The zero-order chi connectivity index (χ0) is 34.4. The first-order valence-corrected chi connectivity index (χ1v) is 20.2. The molecule has 0 heterocycles. The number of phosphoric ester groups is 1. The number of amides is 1. The van der Waals surface area contributed by atoms with E-state index in [0.717, 1.165) is 38.5 Å². The van der Waals surface area contributed by atoms with Crippen LogP contribution in [0.15, 0.2) is 24.3 Å². The fourth-order valence-corrected chi connectivity index (χ4v) is 5.85. The third kappa shape index (κ3) is 31.6. The molecule has 8 nitrogen and oxygen atoms in total. The Kier molecular flexibility index (Phi) is 29.4. The van der Waals surface area contributed by atoms with Crippen molar-refractivity contribution in [1.82, 2.24) is 5.32 Å². The van der Waals surface area contributed by atoms with Gasteiger partial charge in [0.25, 0.3) is 0 Å². The minimum absolute atomic E-state index is 0.0576. The highest BCUT2D eigenvalue weighted by Gasteiger charge is 2.27. The molecule has 0 radical (unpaired) electrons. The predicted molar refractivity (Wildman–Crippen MR) is 194 cm³/mol. The molecule has 0 rings (SSSR count). The van der Waals surface area contributed by atoms with Gasteiger partial charge < -0.3 is 19.8 Å². The van der Waals surface area contributed by atoms with Crippen LogP contribution in [0, 0.1) is 0 Å². The summed E-state index contributed by atoms with van der Waals surface area (Å²) in [6.45, 7) is 4.75. The van der Waals surface area contributed by atoms with Gasteiger partial charge in [-0.2, -0.15) is 0 Å². The molecule has 0 aliphatic carbocycles. The van der Waals surface area contributed by atoms with Crippen LogP contribution < -0.4 is 5.32 Å². The number of hydrogen-bond acceptors (Lipinski definition) is 5. The quantitative estimate of drug-likeness (QED) is 0.0278. The average Bonchev–Trinajstić information content (AvgIpc) is 2.99. The molecule has 0 saturated heterocycles. The fraction of sp³-hybridized carbons (Fsp3) is 0.865. The number of aliphatic hydroxyl groups is 1. The molecule has 3 atom stereocenters. The number of unbranched alkanes of at least 4 members (excludes halogenated alkanes) is 18. The van der Waals surface area contributed by atoms with Crippen molar-refractivity contribution in [1.29, 1.82) is 0 Å². The topological polar surface area (TPSA) is 105 Å². The molecule has 46 heavy (non-hydrogen) atoms. The first-order valence-electron chi connectivity index (χ1n) is 18.7. The first-order chi connectivity index (χ1) is 22.0. The summed E-state index contributed by atoms with van der Waals surface area (Å²) in [4.78, 5) is 22.9. The fourth-order valence-electron chi connectivity index (χ4n) is 5.11. The van der Waals surface area contributed by atoms with Crippen LogP contribution in [0.25, 0.3) is 0 Å². The second kappa shape index (κ2) is 30.1. The Balaban J connectivity index is 4.61. The van der Waals surface area contributed by atoms with Crippen LogP contribution in [0.3, 0.4) is 0 Å². The van der Waals surface area contributed by atoms with E-state index in [9.17, 15) is 19.4 Å². The van der Waals surface area contributed by atoms with Crippen molar-refractivity contribution in [3.8, 4) is 0 Å². The van der Waals surface area contributed by atoms with Gasteiger partial charge in [0.2, 0.25) is 5.91 Å². The molecule has 0 saturated carbocycles. The molecule has 0 aromatic rings. The molecule has 0 aliphatic rings. The Bertz CT molecular complexity index is 814. The van der Waals surface area contributed by atoms with E-state index in [0.29, 0.717) is 17.4 Å². The Morgan fingerprint density at radius 2 is 1.20 bits per heavy atom. The van der Waals surface area contributed by atoms with Crippen molar-refractivity contribution in [2.24, 2.45) is 0 Å². The van der Waals surface area contributed by atoms with Crippen molar-refractivity contribution in [2.45, 2.75) is 167 Å². The predicted octanol–water partition coefficient (Wildman–Crippen LogP) is 9.41. The molecule has 9 heteroatoms. The van der Waals surface area contributed by atoms with Gasteiger partial charge in [-0.15, -0.1) is 0 Å². The normalized spacial score (nSPS) is 15.0. The number of rotatable bonds is 33. The summed E-state index contributed by atoms with van der Waals surface area (Å²) in [5, 5.41) is 13.7. The Labute approximate surface area is 284 Å². The molecule has 0 bridgehead atoms. The monoisotopic (exact) mass is 674 g/mol. The highest BCUT2D eigenvalue weighted by molar-refractivity contribution is 7.47. The summed E-state index contributed by atoms with van der Waals surface area (Å²) in [5.74, 6) is -0.191. The largest absolute Gasteiger partial charge is 0.472 e. The van der Waals surface area contributed by atoms with Crippen LogP contribution >= 0.6 is 7.82 Å². The van der Waals surface area contributed by atoms with Crippen molar-refractivity contribution < 1.29 is 32.9 Å². The van der Waals surface area contributed by atoms with Crippen LogP contribution in [-0.2, 0) is 18.4 Å². The first kappa shape index (κ1) is 45.0. The van der Waals surface area contributed by atoms with Gasteiger partial charge in [0.05, 0.1) is 39.9 Å². The molecule has 0 aromatic carbocycles. The lowest BCUT2D eigenvalue weighted by atomic mass is 10.1. The molecular weight excluding hydrogens is 599 g/mol. The lowest BCUT2D eigenvalue weighted by Crippen LogP contribution is -2.45. The average molecular weight is 674 g/mol. The highest BCUT2D eigenvalue weighted by Crippen LogP contribution is 2.43. The maximum atomic E-state index is 12.7. The number of nitrogens with zero attached hydrogens (tertiary/aromatic N) is 1. The van der Waals surface area contributed by atoms with Crippen molar-refractivity contribution >= 4 is 13.7 Å². The van der Waals surface area contributed by atoms with Gasteiger partial charge in [-0.25, -0.2) is 4.57 Å². The molecule has 272 valence electrons. The number of carbonyl (C=O) groups is 1. The second-order valence-electron chi connectivity index (χ2n) is 13.9. The van der Waals surface area contributed by atoms with E-state index >= 15 is 0 Å². The maximum Gasteiger partial charge on any atom is 0.472 e. The summed E-state index contributed by atoms with van der Waals surface area (Å²) < 4.78 is 23.4. The lowest BCUT2D eigenvalue weighted by molar-refractivity contribution is -0.870. The number of aliphatic hydroxyl groups excluding tert-OH is 1. The molecule has 0 aromatic heterocycles. The Morgan fingerprint density at radius 3 is 1.74 bits per heavy atom. The van der Waals surface area contributed by atoms with Gasteiger partial charge in [-0.1, -0.05) is 141 Å². The van der Waals surface area contributed by atoms with Crippen molar-refractivity contribution in [3.63, 3.8) is 0 Å². The minimum atomic E-state index is -4.33. The number of allylic oxidation sites excluding steroid dienone is 3. The molecule has 1 unspecified atom stereocenters. The molecular formula is C37H74N2O6P+. The van der Waals surface area contributed by atoms with Crippen LogP contribution in [0.5, 0.6) is 0 Å². The molecule has 3 N–H and O–H groups in total. The summed E-state index contributed by atoms with van der Waals surface area (Å²) >= 11 is 0. The van der Waals surface area contributed by atoms with Gasteiger partial charge in [0, 0.05) is 6.42 Å². The summed E-state index contributed by atoms with van der Waals surface area (Å²) in [5.41, 5.74) is 0. The van der Waals surface area contributed by atoms with Gasteiger partial charge in [0.1, 0.15) is 13.2 Å². The smallest absolute Gasteiger partial charge is 0.387 e. The van der Waals surface area contributed by atoms with E-state index in [1.54, 1.807) is 6.08 Å². The van der Waals surface area contributed by atoms with Gasteiger partial charge in [-0.05, 0) is 32.1 Å². The third-order valence-electron chi connectivity index (χ3n) is 8.17. The SMILES string of the molecule is CCCCCCCCCC/C=C/CC/C=C/[C@@H](O)[C@H](COP(=O)(O)OCC[N+](C)(C)C)NC(=O)CCCCCCCCCCCC. The minimum Gasteiger partial charge on any atom is -0.387 e. The summed E-state index contributed by atoms with van der Waals surface area (Å²) in [6, 6.07) is -0.855. The van der Waals surface area contributed by atoms with Gasteiger partial charge in [-0.3, -0.25) is 13.8 Å². The van der Waals surface area contributed by atoms with Crippen LogP contribution in [-0.4, -0.2) is 73.4 Å². The standard InChI is InChI=1S/C37H73N2O6P/c1-6-8-10-12-14-16-18-19-20-21-22-24-26-28-30-36(40)35(34-45-46(42,43)44-33-32-39(3,4)5)38-37(41)31-29-27-25-23-17-15-13-11-9-7-2/h21-22,28,30,35-36,40H,6-20,23-27,29,31-34H2,1-5H3,(H-,38,41,42,43)/p+1/b22-21+,30-28+/t35-,36+/m0/s1. The maximum absolute atomic E-state index is 12.7. The Morgan fingerprint density at radius 1 is 0.717 bits per heavy atom. The molecule has 0 fully saturated rings. The van der Waals surface area contributed by atoms with Crippen LogP contribution in [0.4, 0.5) is 0 Å². The van der Waals surface area contributed by atoms with E-state index in [4.69, 9.17) is 9.05 Å². The second-order valence-corrected chi connectivity index (χ2v) is 15.4. The van der Waals surface area contributed by atoms with E-state index in [2.05, 4.69) is 31.3 Å². The van der Waals surface area contributed by atoms with Gasteiger partial charge in [0.15, 0.2) is 0 Å². The highest BCUT2D eigenvalue weighted by atomic mass is 31.2. The number of hydrogen-bond donors (Lipinski definition) is 3. The zero-order valence-electron chi connectivity index (χ0n) is 30.6. The zero-order valence-corrected chi connectivity index (χ0v) is 31.5.